The smallest absolute Gasteiger partial charge is 0.195 e. The molecule has 1 fully saturated rings. The van der Waals surface area contributed by atoms with Crippen LogP contribution in [0.2, 0.25) is 0 Å². The van der Waals surface area contributed by atoms with Gasteiger partial charge in [-0.1, -0.05) is 6.92 Å². The minimum Gasteiger partial charge on any atom is -0.313 e. The first-order valence-corrected chi connectivity index (χ1v) is 7.33. The van der Waals surface area contributed by atoms with Crippen molar-refractivity contribution in [2.24, 2.45) is 11.8 Å². The number of halogens is 1. The Balaban J connectivity index is 2.75. The summed E-state index contributed by atoms with van der Waals surface area (Å²) in [6, 6.07) is 0. The van der Waals surface area contributed by atoms with E-state index in [0.717, 1.165) is 19.3 Å². The molecule has 1 rings (SSSR count). The fourth-order valence-corrected chi connectivity index (χ4v) is 3.49. The van der Waals surface area contributed by atoms with Crippen molar-refractivity contribution in [3.05, 3.63) is 0 Å². The van der Waals surface area contributed by atoms with Gasteiger partial charge in [0.2, 0.25) is 0 Å². The van der Waals surface area contributed by atoms with E-state index in [4.69, 9.17) is 0 Å². The maximum Gasteiger partial charge on any atom is 0.195 e. The molecule has 0 saturated carbocycles. The molecule has 1 aliphatic rings. The molecule has 0 aromatic carbocycles. The summed E-state index contributed by atoms with van der Waals surface area (Å²) >= 11 is 1.89. The van der Waals surface area contributed by atoms with Gasteiger partial charge >= 0.3 is 0 Å². The number of hydrogen-bond acceptors (Lipinski definition) is 3. The molecule has 1 heterocycles. The molecule has 3 nitrogen and oxygen atoms in total. The van der Waals surface area contributed by atoms with Gasteiger partial charge < -0.3 is 5.21 Å². The Hall–Kier alpha value is 0.320. The molecule has 0 spiro atoms. The molecule has 0 amide bonds. The molecule has 4 heteroatoms. The van der Waals surface area contributed by atoms with E-state index in [9.17, 15) is 10.0 Å². The molecule has 17 heavy (non-hydrogen) atoms. The largest absolute Gasteiger partial charge is 0.313 e. The maximum atomic E-state index is 11.3. The number of hydrogen-bond donors (Lipinski definition) is 1. The van der Waals surface area contributed by atoms with E-state index >= 15 is 0 Å². The van der Waals surface area contributed by atoms with Crippen LogP contribution in [0, 0.1) is 11.8 Å². The van der Waals surface area contributed by atoms with Crippen molar-refractivity contribution in [2.45, 2.75) is 65.0 Å². The van der Waals surface area contributed by atoms with Crippen molar-refractivity contribution in [1.82, 2.24) is 5.06 Å². The average Bonchev–Trinajstić information content (AvgIpc) is 2.12. The second-order valence-electron chi connectivity index (χ2n) is 6.65. The van der Waals surface area contributed by atoms with E-state index in [-0.39, 0.29) is 20.8 Å². The fourth-order valence-electron chi connectivity index (χ4n) is 3.24. The highest BCUT2D eigenvalue weighted by Gasteiger charge is 2.45. The van der Waals surface area contributed by atoms with Gasteiger partial charge in [-0.15, -0.1) is 0 Å². The number of hydroxylamine groups is 2. The van der Waals surface area contributed by atoms with Crippen LogP contribution < -0.4 is 0 Å². The molecule has 0 aliphatic carbocycles. The molecular formula is C13H24INO2. The monoisotopic (exact) mass is 353 g/mol. The number of nitrogens with zero attached hydrogens (tertiary/aromatic N) is 1. The van der Waals surface area contributed by atoms with E-state index in [0.29, 0.717) is 5.92 Å². The average molecular weight is 353 g/mol. The molecule has 100 valence electrons. The van der Waals surface area contributed by atoms with Crippen molar-refractivity contribution in [3.8, 4) is 0 Å². The van der Waals surface area contributed by atoms with Gasteiger partial charge in [0.05, 0.1) is 0 Å². The summed E-state index contributed by atoms with van der Waals surface area (Å²) < 4.78 is 0.240. The van der Waals surface area contributed by atoms with Crippen LogP contribution in [0.25, 0.3) is 0 Å². The van der Waals surface area contributed by atoms with Crippen molar-refractivity contribution in [1.29, 1.82) is 0 Å². The summed E-state index contributed by atoms with van der Waals surface area (Å²) in [4.78, 5) is 11.3. The van der Waals surface area contributed by atoms with Crippen LogP contribution in [0.15, 0.2) is 0 Å². The maximum absolute atomic E-state index is 11.3. The van der Waals surface area contributed by atoms with Gasteiger partial charge in [-0.25, -0.2) is 0 Å². The van der Waals surface area contributed by atoms with Crippen LogP contribution in [0.5, 0.6) is 0 Å². The first-order valence-electron chi connectivity index (χ1n) is 6.25. The Morgan fingerprint density at radius 1 is 1.35 bits per heavy atom. The highest BCUT2D eigenvalue weighted by atomic mass is 127. The SMILES string of the molecule is CC(CC1CC(C)(C)N(O)C(C)(C)C1)C(=O)I. The second-order valence-corrected chi connectivity index (χ2v) is 7.72. The second kappa shape index (κ2) is 5.13. The van der Waals surface area contributed by atoms with Gasteiger partial charge in [0.25, 0.3) is 0 Å². The minimum atomic E-state index is -0.208. The Morgan fingerprint density at radius 2 is 1.76 bits per heavy atom. The highest BCUT2D eigenvalue weighted by molar-refractivity contribution is 14.1. The molecule has 0 aromatic rings. The summed E-state index contributed by atoms with van der Waals surface area (Å²) in [7, 11) is 0. The molecule has 1 atom stereocenters. The number of carbonyl (C=O) groups is 1. The summed E-state index contributed by atoms with van der Waals surface area (Å²) in [5, 5.41) is 11.7. The molecular weight excluding hydrogens is 329 g/mol. The molecule has 0 aromatic heterocycles. The summed E-state index contributed by atoms with van der Waals surface area (Å²) in [6.07, 6.45) is 2.82. The van der Waals surface area contributed by atoms with E-state index < -0.39 is 0 Å². The number of carbonyl (C=O) groups excluding carboxylic acids is 1. The predicted molar refractivity (Wildman–Crippen MR) is 77.3 cm³/mol. The van der Waals surface area contributed by atoms with Gasteiger partial charge in [-0.3, -0.25) is 4.79 Å². The molecule has 0 bridgehead atoms. The van der Waals surface area contributed by atoms with Crippen molar-refractivity contribution in [3.63, 3.8) is 0 Å². The van der Waals surface area contributed by atoms with E-state index in [1.165, 1.54) is 5.06 Å². The van der Waals surface area contributed by atoms with Gasteiger partial charge in [0.15, 0.2) is 3.79 Å². The minimum absolute atomic E-state index is 0.123. The van der Waals surface area contributed by atoms with Crippen molar-refractivity contribution in [2.75, 3.05) is 0 Å². The quantitative estimate of drug-likeness (QED) is 0.622. The Kier molecular flexibility index (Phi) is 4.64. The zero-order valence-electron chi connectivity index (χ0n) is 11.5. The van der Waals surface area contributed by atoms with Crippen LogP contribution in [0.1, 0.15) is 53.9 Å². The summed E-state index contributed by atoms with van der Waals surface area (Å²) in [6.45, 7) is 10.3. The summed E-state index contributed by atoms with van der Waals surface area (Å²) in [5.41, 5.74) is -0.416. The van der Waals surface area contributed by atoms with Gasteiger partial charge in [0, 0.05) is 17.0 Å². The lowest BCUT2D eigenvalue weighted by atomic mass is 9.72. The normalized spacial score (nSPS) is 26.8. The van der Waals surface area contributed by atoms with Crippen molar-refractivity contribution < 1.29 is 10.0 Å². The van der Waals surface area contributed by atoms with Crippen LogP contribution in [0.4, 0.5) is 0 Å². The molecule has 1 N–H and O–H groups in total. The third kappa shape index (κ3) is 3.64. The van der Waals surface area contributed by atoms with Gasteiger partial charge in [-0.05, 0) is 75.5 Å². The first-order chi connectivity index (χ1) is 7.56. The Labute approximate surface area is 118 Å². The first kappa shape index (κ1) is 15.4. The van der Waals surface area contributed by atoms with Crippen LogP contribution >= 0.6 is 22.6 Å². The third-order valence-electron chi connectivity index (χ3n) is 3.80. The van der Waals surface area contributed by atoms with E-state index in [2.05, 4.69) is 27.7 Å². The van der Waals surface area contributed by atoms with E-state index in [1.807, 2.05) is 29.5 Å². The molecule has 1 unspecified atom stereocenters. The summed E-state index contributed by atoms with van der Waals surface area (Å²) in [5.74, 6) is 0.634. The fraction of sp³-hybridized carbons (Fsp3) is 0.923. The third-order valence-corrected chi connectivity index (χ3v) is 4.86. The molecule has 1 aliphatic heterocycles. The Morgan fingerprint density at radius 3 is 2.12 bits per heavy atom. The molecule has 0 radical (unpaired) electrons. The van der Waals surface area contributed by atoms with Gasteiger partial charge in [0.1, 0.15) is 0 Å². The Bertz CT molecular complexity index is 284. The van der Waals surface area contributed by atoms with Crippen LogP contribution in [-0.4, -0.2) is 25.1 Å². The van der Waals surface area contributed by atoms with Gasteiger partial charge in [-0.2, -0.15) is 5.06 Å². The van der Waals surface area contributed by atoms with E-state index in [1.54, 1.807) is 0 Å². The highest BCUT2D eigenvalue weighted by Crippen LogP contribution is 2.42. The lowest BCUT2D eigenvalue weighted by molar-refractivity contribution is -0.251. The zero-order chi connectivity index (χ0) is 13.4. The lowest BCUT2D eigenvalue weighted by Crippen LogP contribution is -2.59. The number of rotatable bonds is 3. The van der Waals surface area contributed by atoms with Crippen LogP contribution in [-0.2, 0) is 4.79 Å². The lowest BCUT2D eigenvalue weighted by Gasteiger charge is -2.51. The number of piperidine rings is 1. The molecule has 1 saturated heterocycles. The zero-order valence-corrected chi connectivity index (χ0v) is 13.6. The standard InChI is InChI=1S/C13H24INO2/c1-9(11(14)16)6-10-7-12(2,3)15(17)13(4,5)8-10/h9-10,17H,6-8H2,1-5H3. The van der Waals surface area contributed by atoms with Crippen LogP contribution in [0.3, 0.4) is 0 Å². The predicted octanol–water partition coefficient (Wildman–Crippen LogP) is 3.63. The topological polar surface area (TPSA) is 40.5 Å². The van der Waals surface area contributed by atoms with Crippen molar-refractivity contribution >= 4 is 26.4 Å².